The molecule has 0 radical (unpaired) electrons. The molecule has 0 fully saturated rings. The van der Waals surface area contributed by atoms with E-state index >= 15 is 0 Å². The summed E-state index contributed by atoms with van der Waals surface area (Å²) in [7, 11) is 0. The minimum Gasteiger partial charge on any atom is -0.481 e. The second kappa shape index (κ2) is 5.73. The SMILES string of the molecule is O=C(O)C(CCO)Cc1ccc(Cl)cc1. The lowest BCUT2D eigenvalue weighted by Gasteiger charge is -2.10. The monoisotopic (exact) mass is 228 g/mol. The van der Waals surface area contributed by atoms with Crippen LogP contribution in [0.25, 0.3) is 0 Å². The van der Waals surface area contributed by atoms with Gasteiger partial charge in [0, 0.05) is 11.6 Å². The zero-order valence-electron chi connectivity index (χ0n) is 8.19. The van der Waals surface area contributed by atoms with Gasteiger partial charge in [-0.2, -0.15) is 0 Å². The summed E-state index contributed by atoms with van der Waals surface area (Å²) in [4.78, 5) is 10.8. The van der Waals surface area contributed by atoms with Gasteiger partial charge < -0.3 is 10.2 Å². The summed E-state index contributed by atoms with van der Waals surface area (Å²) in [5.74, 6) is -1.41. The maximum atomic E-state index is 10.8. The molecule has 3 nitrogen and oxygen atoms in total. The van der Waals surface area contributed by atoms with Gasteiger partial charge in [-0.05, 0) is 30.5 Å². The third kappa shape index (κ3) is 3.90. The second-order valence-corrected chi connectivity index (χ2v) is 3.81. The van der Waals surface area contributed by atoms with Gasteiger partial charge >= 0.3 is 5.97 Å². The van der Waals surface area contributed by atoms with E-state index in [0.717, 1.165) is 5.56 Å². The normalized spacial score (nSPS) is 12.4. The third-order valence-electron chi connectivity index (χ3n) is 2.22. The van der Waals surface area contributed by atoms with Crippen molar-refractivity contribution in [2.75, 3.05) is 6.61 Å². The van der Waals surface area contributed by atoms with Gasteiger partial charge in [0.25, 0.3) is 0 Å². The maximum Gasteiger partial charge on any atom is 0.306 e. The van der Waals surface area contributed by atoms with E-state index in [4.69, 9.17) is 21.8 Å². The van der Waals surface area contributed by atoms with Crippen molar-refractivity contribution < 1.29 is 15.0 Å². The van der Waals surface area contributed by atoms with Gasteiger partial charge in [-0.1, -0.05) is 23.7 Å². The molecule has 4 heteroatoms. The number of aliphatic carboxylic acids is 1. The third-order valence-corrected chi connectivity index (χ3v) is 2.47. The number of carboxylic acid groups (broad SMARTS) is 1. The molecule has 0 saturated heterocycles. The lowest BCUT2D eigenvalue weighted by molar-refractivity contribution is -0.142. The quantitative estimate of drug-likeness (QED) is 0.810. The van der Waals surface area contributed by atoms with Gasteiger partial charge in [0.2, 0.25) is 0 Å². The lowest BCUT2D eigenvalue weighted by atomic mass is 9.97. The van der Waals surface area contributed by atoms with Gasteiger partial charge in [-0.3, -0.25) is 4.79 Å². The van der Waals surface area contributed by atoms with Crippen LogP contribution in [-0.4, -0.2) is 22.8 Å². The number of halogens is 1. The van der Waals surface area contributed by atoms with E-state index in [0.29, 0.717) is 11.4 Å². The summed E-state index contributed by atoms with van der Waals surface area (Å²) in [6.45, 7) is -0.107. The van der Waals surface area contributed by atoms with E-state index in [1.165, 1.54) is 0 Å². The first-order valence-corrected chi connectivity index (χ1v) is 5.09. The van der Waals surface area contributed by atoms with Crippen molar-refractivity contribution in [1.29, 1.82) is 0 Å². The summed E-state index contributed by atoms with van der Waals surface area (Å²) in [5.41, 5.74) is 0.917. The molecule has 15 heavy (non-hydrogen) atoms. The van der Waals surface area contributed by atoms with Gasteiger partial charge in [-0.25, -0.2) is 0 Å². The molecule has 82 valence electrons. The summed E-state index contributed by atoms with van der Waals surface area (Å²) >= 11 is 5.72. The van der Waals surface area contributed by atoms with Crippen LogP contribution in [0.2, 0.25) is 5.02 Å². The average molecular weight is 229 g/mol. The highest BCUT2D eigenvalue weighted by Gasteiger charge is 2.16. The van der Waals surface area contributed by atoms with Crippen molar-refractivity contribution in [1.82, 2.24) is 0 Å². The minimum absolute atomic E-state index is 0.107. The van der Waals surface area contributed by atoms with E-state index in [1.807, 2.05) is 0 Å². The number of carbonyl (C=O) groups is 1. The highest BCUT2D eigenvalue weighted by Crippen LogP contribution is 2.15. The predicted molar refractivity (Wildman–Crippen MR) is 58.0 cm³/mol. The molecule has 1 unspecified atom stereocenters. The molecule has 1 aromatic rings. The molecule has 0 amide bonds. The zero-order valence-corrected chi connectivity index (χ0v) is 8.94. The van der Waals surface area contributed by atoms with Gasteiger partial charge in [-0.15, -0.1) is 0 Å². The standard InChI is InChI=1S/C11H13ClO3/c12-10-3-1-8(2-4-10)7-9(5-6-13)11(14)15/h1-4,9,13H,5-7H2,(H,14,15). The number of hydrogen-bond donors (Lipinski definition) is 2. The van der Waals surface area contributed by atoms with Crippen LogP contribution in [0.5, 0.6) is 0 Å². The summed E-state index contributed by atoms with van der Waals surface area (Å²) < 4.78 is 0. The number of aliphatic hydroxyl groups excluding tert-OH is 1. The highest BCUT2D eigenvalue weighted by molar-refractivity contribution is 6.30. The first-order valence-electron chi connectivity index (χ1n) is 4.71. The van der Waals surface area contributed by atoms with Crippen molar-refractivity contribution in [2.45, 2.75) is 12.8 Å². The minimum atomic E-state index is -0.876. The van der Waals surface area contributed by atoms with Crippen LogP contribution >= 0.6 is 11.6 Å². The fourth-order valence-electron chi connectivity index (χ4n) is 1.37. The molecule has 2 N–H and O–H groups in total. The smallest absolute Gasteiger partial charge is 0.306 e. The second-order valence-electron chi connectivity index (χ2n) is 3.38. The Hall–Kier alpha value is -1.06. The Kier molecular flexibility index (Phi) is 4.59. The molecule has 0 aliphatic heterocycles. The maximum absolute atomic E-state index is 10.8. The molecular formula is C11H13ClO3. The van der Waals surface area contributed by atoms with Crippen LogP contribution in [0, 0.1) is 5.92 Å². The fraction of sp³-hybridized carbons (Fsp3) is 0.364. The number of aliphatic hydroxyl groups is 1. The van der Waals surface area contributed by atoms with Crippen molar-refractivity contribution >= 4 is 17.6 Å². The molecule has 0 bridgehead atoms. The first kappa shape index (κ1) is 12.0. The van der Waals surface area contributed by atoms with Crippen LogP contribution in [0.15, 0.2) is 24.3 Å². The van der Waals surface area contributed by atoms with Crippen molar-refractivity contribution in [3.05, 3.63) is 34.9 Å². The van der Waals surface area contributed by atoms with Crippen LogP contribution in [-0.2, 0) is 11.2 Å². The van der Waals surface area contributed by atoms with E-state index in [9.17, 15) is 4.79 Å². The van der Waals surface area contributed by atoms with E-state index in [-0.39, 0.29) is 13.0 Å². The van der Waals surface area contributed by atoms with E-state index in [2.05, 4.69) is 0 Å². The molecule has 0 heterocycles. The summed E-state index contributed by atoms with van der Waals surface area (Å²) in [6, 6.07) is 7.06. The first-order chi connectivity index (χ1) is 7.13. The van der Waals surface area contributed by atoms with E-state index in [1.54, 1.807) is 24.3 Å². The number of carboxylic acids is 1. The van der Waals surface area contributed by atoms with Crippen LogP contribution in [0.1, 0.15) is 12.0 Å². The Balaban J connectivity index is 2.65. The van der Waals surface area contributed by atoms with Crippen LogP contribution < -0.4 is 0 Å². The zero-order chi connectivity index (χ0) is 11.3. The van der Waals surface area contributed by atoms with E-state index < -0.39 is 11.9 Å². The molecule has 0 aliphatic rings. The Morgan fingerprint density at radius 3 is 2.40 bits per heavy atom. The molecule has 0 aromatic heterocycles. The molecule has 0 spiro atoms. The number of benzene rings is 1. The van der Waals surface area contributed by atoms with Crippen molar-refractivity contribution in [3.63, 3.8) is 0 Å². The molecule has 1 atom stereocenters. The van der Waals surface area contributed by atoms with Crippen LogP contribution in [0.4, 0.5) is 0 Å². The highest BCUT2D eigenvalue weighted by atomic mass is 35.5. The average Bonchev–Trinajstić information content (AvgIpc) is 2.20. The lowest BCUT2D eigenvalue weighted by Crippen LogP contribution is -2.17. The van der Waals surface area contributed by atoms with Gasteiger partial charge in [0.15, 0.2) is 0 Å². The van der Waals surface area contributed by atoms with Gasteiger partial charge in [0.1, 0.15) is 0 Å². The Morgan fingerprint density at radius 2 is 1.93 bits per heavy atom. The fourth-order valence-corrected chi connectivity index (χ4v) is 1.50. The Morgan fingerprint density at radius 1 is 1.33 bits per heavy atom. The molecule has 0 aliphatic carbocycles. The predicted octanol–water partition coefficient (Wildman–Crippen LogP) is 1.97. The molecule has 1 rings (SSSR count). The topological polar surface area (TPSA) is 57.5 Å². The largest absolute Gasteiger partial charge is 0.481 e. The number of rotatable bonds is 5. The molecular weight excluding hydrogens is 216 g/mol. The van der Waals surface area contributed by atoms with Crippen molar-refractivity contribution in [3.8, 4) is 0 Å². The summed E-state index contributed by atoms with van der Waals surface area (Å²) in [6.07, 6.45) is 0.699. The number of hydrogen-bond acceptors (Lipinski definition) is 2. The summed E-state index contributed by atoms with van der Waals surface area (Å²) in [5, 5.41) is 18.2. The van der Waals surface area contributed by atoms with Gasteiger partial charge in [0.05, 0.1) is 5.92 Å². The Bertz CT molecular complexity index is 321. The Labute approximate surface area is 93.3 Å². The van der Waals surface area contributed by atoms with Crippen LogP contribution in [0.3, 0.4) is 0 Å². The molecule has 0 saturated carbocycles. The van der Waals surface area contributed by atoms with Crippen molar-refractivity contribution in [2.24, 2.45) is 5.92 Å². The molecule has 1 aromatic carbocycles.